The van der Waals surface area contributed by atoms with Crippen molar-refractivity contribution in [2.24, 2.45) is 5.73 Å². The van der Waals surface area contributed by atoms with Gasteiger partial charge in [0.1, 0.15) is 12.4 Å². The highest BCUT2D eigenvalue weighted by Crippen LogP contribution is 2.25. The van der Waals surface area contributed by atoms with Crippen LogP contribution in [0.4, 0.5) is 4.79 Å². The summed E-state index contributed by atoms with van der Waals surface area (Å²) in [5.74, 6) is 0.924. The van der Waals surface area contributed by atoms with Crippen molar-refractivity contribution >= 4 is 6.09 Å². The van der Waals surface area contributed by atoms with Crippen LogP contribution in [0.1, 0.15) is 11.1 Å². The number of rotatable bonds is 2. The third kappa shape index (κ3) is 1.79. The Morgan fingerprint density at radius 1 is 1.57 bits per heavy atom. The highest BCUT2D eigenvalue weighted by molar-refractivity contribution is 5.64. The van der Waals surface area contributed by atoms with E-state index in [0.717, 1.165) is 29.9 Å². The molecule has 1 amide bonds. The van der Waals surface area contributed by atoms with Crippen molar-refractivity contribution in [3.05, 3.63) is 29.3 Å². The van der Waals surface area contributed by atoms with Crippen LogP contribution in [0.15, 0.2) is 18.2 Å². The standard InChI is InChI=1S/C10H11NO3/c11-10(12)14-6-7-1-2-9-8(5-7)3-4-13-9/h1-2,5H,3-4,6H2,(H2,11,12). The molecule has 0 spiro atoms. The molecular weight excluding hydrogens is 182 g/mol. The first kappa shape index (κ1) is 8.87. The molecule has 1 heterocycles. The van der Waals surface area contributed by atoms with Crippen LogP contribution in [-0.2, 0) is 17.8 Å². The van der Waals surface area contributed by atoms with Crippen molar-refractivity contribution in [2.45, 2.75) is 13.0 Å². The van der Waals surface area contributed by atoms with Crippen molar-refractivity contribution < 1.29 is 14.3 Å². The molecule has 0 aromatic heterocycles. The number of benzene rings is 1. The van der Waals surface area contributed by atoms with Crippen LogP contribution >= 0.6 is 0 Å². The minimum absolute atomic E-state index is 0.225. The summed E-state index contributed by atoms with van der Waals surface area (Å²) in [6.45, 7) is 0.956. The average molecular weight is 193 g/mol. The molecule has 1 aliphatic rings. The number of nitrogens with two attached hydrogens (primary N) is 1. The molecule has 0 fully saturated rings. The lowest BCUT2D eigenvalue weighted by Crippen LogP contribution is -2.12. The van der Waals surface area contributed by atoms with Gasteiger partial charge >= 0.3 is 6.09 Å². The first-order valence-electron chi connectivity index (χ1n) is 4.42. The Labute approximate surface area is 81.6 Å². The van der Waals surface area contributed by atoms with E-state index in [-0.39, 0.29) is 6.61 Å². The topological polar surface area (TPSA) is 61.6 Å². The van der Waals surface area contributed by atoms with Crippen LogP contribution in [0.25, 0.3) is 0 Å². The first-order chi connectivity index (χ1) is 6.75. The van der Waals surface area contributed by atoms with E-state index >= 15 is 0 Å². The zero-order valence-electron chi connectivity index (χ0n) is 7.66. The van der Waals surface area contributed by atoms with Gasteiger partial charge in [0.25, 0.3) is 0 Å². The van der Waals surface area contributed by atoms with Gasteiger partial charge in [-0.2, -0.15) is 0 Å². The summed E-state index contributed by atoms with van der Waals surface area (Å²) < 4.78 is 10.0. The molecule has 0 saturated carbocycles. The van der Waals surface area contributed by atoms with Gasteiger partial charge in [0.15, 0.2) is 0 Å². The molecule has 0 bridgehead atoms. The van der Waals surface area contributed by atoms with Crippen molar-refractivity contribution in [1.82, 2.24) is 0 Å². The predicted molar refractivity (Wildman–Crippen MR) is 50.0 cm³/mol. The van der Waals surface area contributed by atoms with E-state index in [2.05, 4.69) is 4.74 Å². The number of ether oxygens (including phenoxy) is 2. The largest absolute Gasteiger partial charge is 0.493 e. The molecule has 2 N–H and O–H groups in total. The van der Waals surface area contributed by atoms with Crippen LogP contribution in [-0.4, -0.2) is 12.7 Å². The third-order valence-electron chi connectivity index (χ3n) is 2.13. The second-order valence-electron chi connectivity index (χ2n) is 3.15. The molecule has 1 aromatic carbocycles. The monoisotopic (exact) mass is 193 g/mol. The Morgan fingerprint density at radius 2 is 2.43 bits per heavy atom. The van der Waals surface area contributed by atoms with Crippen LogP contribution < -0.4 is 10.5 Å². The van der Waals surface area contributed by atoms with Gasteiger partial charge in [0, 0.05) is 6.42 Å². The quantitative estimate of drug-likeness (QED) is 0.768. The second kappa shape index (κ2) is 3.57. The van der Waals surface area contributed by atoms with Gasteiger partial charge < -0.3 is 15.2 Å². The number of amides is 1. The Hall–Kier alpha value is -1.71. The summed E-state index contributed by atoms with van der Waals surface area (Å²) in [4.78, 5) is 10.4. The number of fused-ring (bicyclic) bond motifs is 1. The van der Waals surface area contributed by atoms with E-state index in [4.69, 9.17) is 10.5 Å². The first-order valence-corrected chi connectivity index (χ1v) is 4.42. The van der Waals surface area contributed by atoms with Crippen molar-refractivity contribution in [3.63, 3.8) is 0 Å². The third-order valence-corrected chi connectivity index (χ3v) is 2.13. The van der Waals surface area contributed by atoms with Gasteiger partial charge in [0.05, 0.1) is 6.61 Å². The average Bonchev–Trinajstić information content (AvgIpc) is 2.61. The van der Waals surface area contributed by atoms with E-state index in [1.165, 1.54) is 0 Å². The van der Waals surface area contributed by atoms with Gasteiger partial charge in [-0.25, -0.2) is 4.79 Å². The van der Waals surface area contributed by atoms with Crippen LogP contribution in [0.3, 0.4) is 0 Å². The van der Waals surface area contributed by atoms with Crippen molar-refractivity contribution in [2.75, 3.05) is 6.61 Å². The molecule has 0 radical (unpaired) electrons. The number of primary amides is 1. The predicted octanol–water partition coefficient (Wildman–Crippen LogP) is 1.22. The lowest BCUT2D eigenvalue weighted by Gasteiger charge is -2.03. The molecule has 4 nitrogen and oxygen atoms in total. The molecule has 14 heavy (non-hydrogen) atoms. The minimum atomic E-state index is -0.748. The van der Waals surface area contributed by atoms with E-state index in [1.54, 1.807) is 0 Å². The summed E-state index contributed by atoms with van der Waals surface area (Å²) >= 11 is 0. The second-order valence-corrected chi connectivity index (χ2v) is 3.15. The van der Waals surface area contributed by atoms with Gasteiger partial charge in [-0.15, -0.1) is 0 Å². The SMILES string of the molecule is NC(=O)OCc1ccc2c(c1)CCO2. The summed E-state index contributed by atoms with van der Waals surface area (Å²) in [5, 5.41) is 0. The Morgan fingerprint density at radius 3 is 3.21 bits per heavy atom. The molecule has 2 rings (SSSR count). The molecule has 1 aromatic rings. The van der Waals surface area contributed by atoms with Gasteiger partial charge in [-0.3, -0.25) is 0 Å². The normalized spacial score (nSPS) is 13.1. The summed E-state index contributed by atoms with van der Waals surface area (Å²) in [7, 11) is 0. The highest BCUT2D eigenvalue weighted by Gasteiger charge is 2.12. The van der Waals surface area contributed by atoms with Gasteiger partial charge in [0.2, 0.25) is 0 Å². The van der Waals surface area contributed by atoms with Gasteiger partial charge in [-0.1, -0.05) is 6.07 Å². The zero-order chi connectivity index (χ0) is 9.97. The molecule has 74 valence electrons. The highest BCUT2D eigenvalue weighted by atomic mass is 16.5. The van der Waals surface area contributed by atoms with E-state index < -0.39 is 6.09 Å². The Kier molecular flexibility index (Phi) is 2.26. The fourth-order valence-corrected chi connectivity index (χ4v) is 1.48. The number of carbonyl (C=O) groups is 1. The number of hydrogen-bond acceptors (Lipinski definition) is 3. The lowest BCUT2D eigenvalue weighted by atomic mass is 10.1. The summed E-state index contributed by atoms with van der Waals surface area (Å²) in [6.07, 6.45) is 0.168. The Balaban J connectivity index is 2.09. The fraction of sp³-hybridized carbons (Fsp3) is 0.300. The minimum Gasteiger partial charge on any atom is -0.493 e. The van der Waals surface area contributed by atoms with Gasteiger partial charge in [-0.05, 0) is 23.3 Å². The lowest BCUT2D eigenvalue weighted by molar-refractivity contribution is 0.150. The molecule has 0 saturated heterocycles. The van der Waals surface area contributed by atoms with Crippen molar-refractivity contribution in [1.29, 1.82) is 0 Å². The van der Waals surface area contributed by atoms with E-state index in [9.17, 15) is 4.79 Å². The van der Waals surface area contributed by atoms with Crippen LogP contribution in [0.2, 0.25) is 0 Å². The number of hydrogen-bond donors (Lipinski definition) is 1. The number of carbonyl (C=O) groups excluding carboxylic acids is 1. The molecule has 0 atom stereocenters. The maximum atomic E-state index is 10.4. The van der Waals surface area contributed by atoms with Crippen molar-refractivity contribution in [3.8, 4) is 5.75 Å². The molecule has 0 unspecified atom stereocenters. The van der Waals surface area contributed by atoms with E-state index in [0.29, 0.717) is 0 Å². The maximum Gasteiger partial charge on any atom is 0.404 e. The summed E-state index contributed by atoms with van der Waals surface area (Å²) in [6, 6.07) is 5.74. The molecular formula is C10H11NO3. The van der Waals surface area contributed by atoms with E-state index in [1.807, 2.05) is 18.2 Å². The Bertz CT molecular complexity index is 362. The zero-order valence-corrected chi connectivity index (χ0v) is 7.66. The maximum absolute atomic E-state index is 10.4. The summed E-state index contributed by atoms with van der Waals surface area (Å²) in [5.41, 5.74) is 6.97. The molecule has 4 heteroatoms. The van der Waals surface area contributed by atoms with Crippen LogP contribution in [0.5, 0.6) is 5.75 Å². The molecule has 1 aliphatic heterocycles. The smallest absolute Gasteiger partial charge is 0.404 e. The van der Waals surface area contributed by atoms with Crippen LogP contribution in [0, 0.1) is 0 Å². The molecule has 0 aliphatic carbocycles. The fourth-order valence-electron chi connectivity index (χ4n) is 1.48.